The SMILES string of the molecule is Cc1ccc(B2OC(C)(C)C(C)(C)O2)c(C(=O)O)c1C. The summed E-state index contributed by atoms with van der Waals surface area (Å²) in [5.74, 6) is -0.948. The van der Waals surface area contributed by atoms with Crippen LogP contribution in [-0.2, 0) is 9.31 Å². The lowest BCUT2D eigenvalue weighted by Crippen LogP contribution is -2.41. The number of hydrogen-bond acceptors (Lipinski definition) is 3. The van der Waals surface area contributed by atoms with E-state index in [0.717, 1.165) is 11.1 Å². The van der Waals surface area contributed by atoms with Crippen molar-refractivity contribution in [3.63, 3.8) is 0 Å². The number of carbonyl (C=O) groups is 1. The maximum Gasteiger partial charge on any atom is 0.495 e. The van der Waals surface area contributed by atoms with Gasteiger partial charge in [-0.3, -0.25) is 0 Å². The fourth-order valence-electron chi connectivity index (χ4n) is 2.29. The van der Waals surface area contributed by atoms with Crippen molar-refractivity contribution in [2.45, 2.75) is 52.7 Å². The summed E-state index contributed by atoms with van der Waals surface area (Å²) in [6.45, 7) is 11.5. The van der Waals surface area contributed by atoms with Gasteiger partial charge in [-0.1, -0.05) is 12.1 Å². The highest BCUT2D eigenvalue weighted by Crippen LogP contribution is 2.36. The summed E-state index contributed by atoms with van der Waals surface area (Å²) < 4.78 is 11.9. The fraction of sp³-hybridized carbons (Fsp3) is 0.533. The van der Waals surface area contributed by atoms with Gasteiger partial charge < -0.3 is 14.4 Å². The number of rotatable bonds is 2. The normalized spacial score (nSPS) is 20.2. The van der Waals surface area contributed by atoms with Gasteiger partial charge in [0.25, 0.3) is 0 Å². The molecule has 0 radical (unpaired) electrons. The molecule has 108 valence electrons. The van der Waals surface area contributed by atoms with E-state index in [9.17, 15) is 9.90 Å². The Balaban J connectivity index is 2.51. The van der Waals surface area contributed by atoms with E-state index in [1.807, 2.05) is 47.6 Å². The van der Waals surface area contributed by atoms with Crippen molar-refractivity contribution >= 4 is 18.6 Å². The standard InChI is InChI=1S/C15H21BO4/c1-9-7-8-11(12(10(9)2)13(17)18)16-19-14(3,4)15(5,6)20-16/h7-8H,1-6H3,(H,17,18). The molecule has 0 bridgehead atoms. The number of carboxylic acids is 1. The maximum absolute atomic E-state index is 11.6. The second-order valence-corrected chi connectivity index (χ2v) is 6.37. The van der Waals surface area contributed by atoms with Crippen LogP contribution in [0.2, 0.25) is 0 Å². The molecule has 20 heavy (non-hydrogen) atoms. The molecule has 1 heterocycles. The minimum atomic E-state index is -0.948. The molecule has 0 saturated carbocycles. The van der Waals surface area contributed by atoms with Crippen LogP contribution in [0.4, 0.5) is 0 Å². The molecule has 1 saturated heterocycles. The Hall–Kier alpha value is -1.33. The molecule has 1 aromatic carbocycles. The number of aromatic carboxylic acids is 1. The summed E-state index contributed by atoms with van der Waals surface area (Å²) in [4.78, 5) is 11.6. The summed E-state index contributed by atoms with van der Waals surface area (Å²) in [7, 11) is -0.648. The minimum absolute atomic E-state index is 0.281. The van der Waals surface area contributed by atoms with Gasteiger partial charge in [0.15, 0.2) is 0 Å². The monoisotopic (exact) mass is 276 g/mol. The Kier molecular flexibility index (Phi) is 3.47. The van der Waals surface area contributed by atoms with E-state index in [0.29, 0.717) is 5.46 Å². The van der Waals surface area contributed by atoms with Crippen LogP contribution in [0.5, 0.6) is 0 Å². The van der Waals surface area contributed by atoms with Crippen molar-refractivity contribution < 1.29 is 19.2 Å². The quantitative estimate of drug-likeness (QED) is 0.842. The number of hydrogen-bond donors (Lipinski definition) is 1. The molecular formula is C15H21BO4. The van der Waals surface area contributed by atoms with Crippen molar-refractivity contribution in [2.75, 3.05) is 0 Å². The van der Waals surface area contributed by atoms with Gasteiger partial charge >= 0.3 is 13.1 Å². The van der Waals surface area contributed by atoms with E-state index >= 15 is 0 Å². The van der Waals surface area contributed by atoms with Crippen LogP contribution in [0.15, 0.2) is 12.1 Å². The van der Waals surface area contributed by atoms with Crippen LogP contribution in [-0.4, -0.2) is 29.4 Å². The first-order valence-electron chi connectivity index (χ1n) is 6.76. The zero-order valence-corrected chi connectivity index (χ0v) is 12.9. The van der Waals surface area contributed by atoms with Crippen LogP contribution in [0.3, 0.4) is 0 Å². The van der Waals surface area contributed by atoms with Crippen LogP contribution in [0.25, 0.3) is 0 Å². The third-order valence-electron chi connectivity index (χ3n) is 4.49. The fourth-order valence-corrected chi connectivity index (χ4v) is 2.29. The van der Waals surface area contributed by atoms with Crippen molar-refractivity contribution in [1.82, 2.24) is 0 Å². The van der Waals surface area contributed by atoms with E-state index in [1.54, 1.807) is 6.07 Å². The van der Waals surface area contributed by atoms with Gasteiger partial charge in [-0.05, 0) is 58.1 Å². The average molecular weight is 276 g/mol. The summed E-state index contributed by atoms with van der Waals surface area (Å²) in [5, 5.41) is 9.48. The lowest BCUT2D eigenvalue weighted by atomic mass is 9.74. The molecule has 0 spiro atoms. The van der Waals surface area contributed by atoms with Crippen molar-refractivity contribution in [3.05, 3.63) is 28.8 Å². The van der Waals surface area contributed by atoms with Gasteiger partial charge in [-0.15, -0.1) is 0 Å². The van der Waals surface area contributed by atoms with E-state index in [4.69, 9.17) is 9.31 Å². The van der Waals surface area contributed by atoms with E-state index < -0.39 is 24.3 Å². The van der Waals surface area contributed by atoms with Crippen LogP contribution < -0.4 is 5.46 Å². The third kappa shape index (κ3) is 2.25. The number of aryl methyl sites for hydroxylation is 1. The van der Waals surface area contributed by atoms with Gasteiger partial charge in [-0.25, -0.2) is 4.79 Å². The summed E-state index contributed by atoms with van der Waals surface area (Å²) >= 11 is 0. The van der Waals surface area contributed by atoms with E-state index in [-0.39, 0.29) is 5.56 Å². The second kappa shape index (κ2) is 4.60. The molecule has 0 amide bonds. The lowest BCUT2D eigenvalue weighted by Gasteiger charge is -2.32. The Morgan fingerprint density at radius 1 is 1.10 bits per heavy atom. The molecule has 4 nitrogen and oxygen atoms in total. The summed E-state index contributed by atoms with van der Waals surface area (Å²) in [5.41, 5.74) is 1.61. The Bertz CT molecular complexity index is 547. The molecular weight excluding hydrogens is 255 g/mol. The predicted octanol–water partition coefficient (Wildman–Crippen LogP) is 2.30. The molecule has 1 fully saturated rings. The number of carboxylic acid groups (broad SMARTS) is 1. The number of benzene rings is 1. The molecule has 0 aliphatic carbocycles. The largest absolute Gasteiger partial charge is 0.495 e. The first-order valence-corrected chi connectivity index (χ1v) is 6.76. The Morgan fingerprint density at radius 3 is 2.05 bits per heavy atom. The Morgan fingerprint density at radius 2 is 1.60 bits per heavy atom. The second-order valence-electron chi connectivity index (χ2n) is 6.37. The van der Waals surface area contributed by atoms with E-state index in [1.165, 1.54) is 0 Å². The van der Waals surface area contributed by atoms with Crippen LogP contribution in [0, 0.1) is 13.8 Å². The molecule has 1 aliphatic rings. The highest BCUT2D eigenvalue weighted by Gasteiger charge is 2.52. The molecule has 1 aromatic rings. The highest BCUT2D eigenvalue weighted by atomic mass is 16.7. The van der Waals surface area contributed by atoms with Gasteiger partial charge in [0.2, 0.25) is 0 Å². The zero-order chi connectivity index (χ0) is 15.3. The zero-order valence-electron chi connectivity index (χ0n) is 12.9. The van der Waals surface area contributed by atoms with Gasteiger partial charge in [0.1, 0.15) is 0 Å². The first-order chi connectivity index (χ1) is 9.07. The predicted molar refractivity (Wildman–Crippen MR) is 78.6 cm³/mol. The first kappa shape index (κ1) is 15.1. The average Bonchev–Trinajstić information content (AvgIpc) is 2.51. The molecule has 0 atom stereocenters. The Labute approximate surface area is 120 Å². The van der Waals surface area contributed by atoms with Crippen molar-refractivity contribution in [3.8, 4) is 0 Å². The summed E-state index contributed by atoms with van der Waals surface area (Å²) in [6, 6.07) is 3.69. The van der Waals surface area contributed by atoms with Crippen LogP contribution in [0.1, 0.15) is 49.2 Å². The van der Waals surface area contributed by atoms with E-state index in [2.05, 4.69) is 0 Å². The molecule has 2 rings (SSSR count). The molecule has 5 heteroatoms. The van der Waals surface area contributed by atoms with Crippen molar-refractivity contribution in [2.24, 2.45) is 0 Å². The van der Waals surface area contributed by atoms with Gasteiger partial charge in [-0.2, -0.15) is 0 Å². The highest BCUT2D eigenvalue weighted by molar-refractivity contribution is 6.63. The topological polar surface area (TPSA) is 55.8 Å². The van der Waals surface area contributed by atoms with Crippen molar-refractivity contribution in [1.29, 1.82) is 0 Å². The lowest BCUT2D eigenvalue weighted by molar-refractivity contribution is 0.00578. The smallest absolute Gasteiger partial charge is 0.478 e. The third-order valence-corrected chi connectivity index (χ3v) is 4.49. The minimum Gasteiger partial charge on any atom is -0.478 e. The molecule has 1 N–H and O–H groups in total. The van der Waals surface area contributed by atoms with Gasteiger partial charge in [0, 0.05) is 0 Å². The summed E-state index contributed by atoms with van der Waals surface area (Å²) in [6.07, 6.45) is 0. The molecule has 0 aromatic heterocycles. The maximum atomic E-state index is 11.6. The molecule has 1 aliphatic heterocycles. The van der Waals surface area contributed by atoms with Crippen LogP contribution >= 0.6 is 0 Å². The van der Waals surface area contributed by atoms with Gasteiger partial charge in [0.05, 0.1) is 16.8 Å². The molecule has 0 unspecified atom stereocenters.